The van der Waals surface area contributed by atoms with Crippen molar-refractivity contribution in [3.05, 3.63) is 0 Å². The molecule has 0 aliphatic rings. The van der Waals surface area contributed by atoms with Gasteiger partial charge in [-0.2, -0.15) is 4.13 Å². The zero-order valence-electron chi connectivity index (χ0n) is 4.75. The Kier molecular flexibility index (Phi) is 16.7. The van der Waals surface area contributed by atoms with E-state index in [1.54, 1.807) is 40.5 Å². The van der Waals surface area contributed by atoms with E-state index in [1.807, 2.05) is 0 Å². The van der Waals surface area contributed by atoms with Gasteiger partial charge < -0.3 is 0 Å². The maximum absolute atomic E-state index is 3.94. The first-order chi connectivity index (χ1) is 5.41. The monoisotopic (exact) mass is 320 g/mol. The van der Waals surface area contributed by atoms with Gasteiger partial charge in [0, 0.05) is 62.4 Å². The molecular weight excluding hydrogens is 317 g/mol. The van der Waals surface area contributed by atoms with Gasteiger partial charge in [0.1, 0.15) is 0 Å². The van der Waals surface area contributed by atoms with Crippen molar-refractivity contribution in [3.63, 3.8) is 0 Å². The molecule has 0 atom stereocenters. The average molecular weight is 321 g/mol. The van der Waals surface area contributed by atoms with Crippen molar-refractivity contribution in [1.29, 1.82) is 0 Å². The third kappa shape index (κ3) is 13.1. The van der Waals surface area contributed by atoms with Crippen LogP contribution in [0.1, 0.15) is 0 Å². The van der Waals surface area contributed by atoms with Crippen LogP contribution in [0.2, 0.25) is 0 Å². The molecule has 0 aliphatic heterocycles. The number of thiol groups is 2. The molecule has 0 aromatic rings. The summed E-state index contributed by atoms with van der Waals surface area (Å²) in [5.41, 5.74) is 0. The molecule has 0 bridgehead atoms. The number of hydrogen-bond acceptors (Lipinski definition) is 11. The van der Waals surface area contributed by atoms with E-state index < -0.39 is 0 Å². The van der Waals surface area contributed by atoms with Crippen LogP contribution < -0.4 is 8.25 Å². The molecule has 2 nitrogen and oxygen atoms in total. The largest absolute Gasteiger partial charge is 0.201 e. The van der Waals surface area contributed by atoms with Gasteiger partial charge in [0.2, 0.25) is 0 Å². The average Bonchev–Trinajstić information content (AvgIpc) is 2.03. The molecule has 2 N–H and O–H groups in total. The second-order valence-electron chi connectivity index (χ2n) is 0.703. The van der Waals surface area contributed by atoms with Crippen molar-refractivity contribution in [2.45, 2.75) is 0 Å². The molecule has 0 saturated carbocycles. The molecule has 0 rings (SSSR count). The summed E-state index contributed by atoms with van der Waals surface area (Å²) in [6.07, 6.45) is 0. The molecular formula is H4N2S9. The summed E-state index contributed by atoms with van der Waals surface area (Å²) < 4.78 is 5.67. The lowest BCUT2D eigenvalue weighted by molar-refractivity contribution is 1.82. The summed E-state index contributed by atoms with van der Waals surface area (Å²) in [6, 6.07) is 0. The lowest BCUT2D eigenvalue weighted by Gasteiger charge is -1.96. The highest BCUT2D eigenvalue weighted by molar-refractivity contribution is 9.35. The van der Waals surface area contributed by atoms with Gasteiger partial charge in [-0.15, -0.1) is 0 Å². The van der Waals surface area contributed by atoms with E-state index in [1.165, 1.54) is 31.8 Å². The highest BCUT2D eigenvalue weighted by Crippen LogP contribution is 2.47. The van der Waals surface area contributed by atoms with Crippen molar-refractivity contribution in [3.8, 4) is 0 Å². The summed E-state index contributed by atoms with van der Waals surface area (Å²) in [7, 11) is 10.9. The standard InChI is InChI=1S/H4N2S9/c3-1-5-9-11-10-7-2-6-8-4/h1-4H. The van der Waals surface area contributed by atoms with Crippen molar-refractivity contribution in [2.75, 3.05) is 0 Å². The quantitative estimate of drug-likeness (QED) is 0.226. The summed E-state index contributed by atoms with van der Waals surface area (Å²) in [6.45, 7) is 0. The third-order valence-electron chi connectivity index (χ3n) is 0.266. The minimum Gasteiger partial charge on any atom is -0.201 e. The van der Waals surface area contributed by atoms with Crippen molar-refractivity contribution in [2.24, 2.45) is 0 Å². The molecule has 0 saturated heterocycles. The lowest BCUT2D eigenvalue weighted by atomic mass is 13.9. The smallest absolute Gasteiger partial charge is 0.0127 e. The van der Waals surface area contributed by atoms with Gasteiger partial charge >= 0.3 is 0 Å². The molecule has 0 unspecified atom stereocenters. The Hall–Kier alpha value is 3.07. The highest BCUT2D eigenvalue weighted by atomic mass is 33.8. The van der Waals surface area contributed by atoms with Gasteiger partial charge in [0.25, 0.3) is 0 Å². The van der Waals surface area contributed by atoms with Gasteiger partial charge in [-0.1, -0.05) is 24.5 Å². The highest BCUT2D eigenvalue weighted by Gasteiger charge is 1.91. The summed E-state index contributed by atoms with van der Waals surface area (Å²) in [5, 5.41) is 0. The van der Waals surface area contributed by atoms with Gasteiger partial charge in [-0.3, -0.25) is 0 Å². The molecule has 11 heavy (non-hydrogen) atoms. The molecule has 0 aliphatic carbocycles. The van der Waals surface area contributed by atoms with Crippen LogP contribution in [-0.2, 0) is 0 Å². The Morgan fingerprint density at radius 1 is 0.909 bits per heavy atom. The molecule has 0 aromatic heterocycles. The van der Waals surface area contributed by atoms with Crippen molar-refractivity contribution in [1.82, 2.24) is 8.25 Å². The Balaban J connectivity index is 2.69. The fourth-order valence-electron chi connectivity index (χ4n) is 0.0973. The Labute approximate surface area is 104 Å². The van der Waals surface area contributed by atoms with Crippen LogP contribution in [0.5, 0.6) is 0 Å². The van der Waals surface area contributed by atoms with E-state index in [9.17, 15) is 0 Å². The fraction of sp³-hybridized carbons (Fsp3) is 0. The predicted molar refractivity (Wildman–Crippen MR) is 77.4 cm³/mol. The Bertz CT molecular complexity index is 56.6. The van der Waals surface area contributed by atoms with Crippen LogP contribution in [0.15, 0.2) is 0 Å². The summed E-state index contributed by atoms with van der Waals surface area (Å²) >= 11 is 7.75. The maximum Gasteiger partial charge on any atom is 0.0127 e. The molecule has 0 radical (unpaired) electrons. The first-order valence-corrected chi connectivity index (χ1v) is 11.7. The van der Waals surface area contributed by atoms with Crippen molar-refractivity contribution >= 4 is 96.7 Å². The van der Waals surface area contributed by atoms with Crippen LogP contribution >= 0.6 is 96.7 Å². The molecule has 0 heterocycles. The molecule has 68 valence electrons. The van der Waals surface area contributed by atoms with Gasteiger partial charge in [0.05, 0.1) is 0 Å². The molecule has 11 heteroatoms. The zero-order valence-corrected chi connectivity index (χ0v) is 12.3. The van der Waals surface area contributed by atoms with Gasteiger partial charge in [-0.05, 0) is 9.83 Å². The van der Waals surface area contributed by atoms with Crippen LogP contribution in [0.3, 0.4) is 0 Å². The molecule has 0 amide bonds. The van der Waals surface area contributed by atoms with E-state index in [2.05, 4.69) is 32.7 Å². The van der Waals surface area contributed by atoms with E-state index in [4.69, 9.17) is 0 Å². The normalized spacial score (nSPS) is 10.4. The summed E-state index contributed by atoms with van der Waals surface area (Å²) in [5.74, 6) is 0. The minimum absolute atomic E-state index is 1.39. The SMILES string of the molecule is SNSSSSSNSSS. The third-order valence-corrected chi connectivity index (χ3v) is 10.2. The summed E-state index contributed by atoms with van der Waals surface area (Å²) in [4.78, 5) is 0. The van der Waals surface area contributed by atoms with Gasteiger partial charge in [-0.25, -0.2) is 4.13 Å². The number of rotatable bonds is 8. The topological polar surface area (TPSA) is 24.1 Å². The van der Waals surface area contributed by atoms with Crippen LogP contribution in [0.25, 0.3) is 0 Å². The predicted octanol–water partition coefficient (Wildman–Crippen LogP) is 4.31. The Morgan fingerprint density at radius 3 is 2.27 bits per heavy atom. The zero-order chi connectivity index (χ0) is 8.36. The van der Waals surface area contributed by atoms with Crippen LogP contribution in [-0.4, -0.2) is 0 Å². The maximum atomic E-state index is 3.94. The molecule has 0 spiro atoms. The lowest BCUT2D eigenvalue weighted by Crippen LogP contribution is -1.77. The van der Waals surface area contributed by atoms with Crippen LogP contribution in [0, 0.1) is 0 Å². The van der Waals surface area contributed by atoms with E-state index in [0.29, 0.717) is 0 Å². The fourth-order valence-corrected chi connectivity index (χ4v) is 9.72. The second-order valence-corrected chi connectivity index (χ2v) is 11.3. The minimum atomic E-state index is 1.39. The van der Waals surface area contributed by atoms with E-state index in [0.717, 1.165) is 0 Å². The number of nitrogens with one attached hydrogen (secondary N) is 2. The van der Waals surface area contributed by atoms with Crippen molar-refractivity contribution < 1.29 is 0 Å². The van der Waals surface area contributed by atoms with Crippen LogP contribution in [0.4, 0.5) is 0 Å². The second kappa shape index (κ2) is 13.1. The Morgan fingerprint density at radius 2 is 1.64 bits per heavy atom. The van der Waals surface area contributed by atoms with Gasteiger partial charge in [0.15, 0.2) is 0 Å². The first kappa shape index (κ1) is 14.1. The first-order valence-electron chi connectivity index (χ1n) is 1.85. The molecule has 0 fully saturated rings. The molecule has 0 aromatic carbocycles. The number of hydrogen-bond donors (Lipinski definition) is 4. The van der Waals surface area contributed by atoms with E-state index >= 15 is 0 Å². The van der Waals surface area contributed by atoms with E-state index in [-0.39, 0.29) is 0 Å².